The average Bonchev–Trinajstić information content (AvgIpc) is 3.15. The zero-order chi connectivity index (χ0) is 15.5. The molecular formula is C16H19FN2O3. The largest absolute Gasteiger partial charge is 0.482 e. The fraction of sp³-hybridized carbons (Fsp3) is 0.500. The molecule has 2 heterocycles. The summed E-state index contributed by atoms with van der Waals surface area (Å²) in [5, 5.41) is 3.91. The highest BCUT2D eigenvalue weighted by Gasteiger charge is 2.35. The van der Waals surface area contributed by atoms with Crippen molar-refractivity contribution in [3.8, 4) is 5.75 Å². The summed E-state index contributed by atoms with van der Waals surface area (Å²) in [5.74, 6) is 1.26. The van der Waals surface area contributed by atoms with Crippen LogP contribution >= 0.6 is 0 Å². The lowest BCUT2D eigenvalue weighted by molar-refractivity contribution is 0.0627. The van der Waals surface area contributed by atoms with Gasteiger partial charge >= 0.3 is 0 Å². The second-order valence-electron chi connectivity index (χ2n) is 5.74. The first-order valence-corrected chi connectivity index (χ1v) is 7.46. The zero-order valence-corrected chi connectivity index (χ0v) is 12.7. The molecule has 2 aromatic rings. The lowest BCUT2D eigenvalue weighted by Gasteiger charge is -2.18. The van der Waals surface area contributed by atoms with Crippen molar-refractivity contribution in [3.05, 3.63) is 41.8 Å². The SMILES string of the molecule is CC(C)[C@@H]1OCC[C@H]1c1nc(COc2ccccc2F)no1. The van der Waals surface area contributed by atoms with Gasteiger partial charge in [-0.15, -0.1) is 0 Å². The van der Waals surface area contributed by atoms with Crippen molar-refractivity contribution in [1.29, 1.82) is 0 Å². The molecule has 1 fully saturated rings. The molecule has 0 unspecified atom stereocenters. The van der Waals surface area contributed by atoms with Gasteiger partial charge in [0.15, 0.2) is 18.2 Å². The Labute approximate surface area is 128 Å². The van der Waals surface area contributed by atoms with E-state index in [1.54, 1.807) is 18.2 Å². The Morgan fingerprint density at radius 3 is 2.95 bits per heavy atom. The first-order chi connectivity index (χ1) is 10.6. The molecule has 1 aromatic heterocycles. The maximum Gasteiger partial charge on any atom is 0.232 e. The van der Waals surface area contributed by atoms with Crippen molar-refractivity contribution in [2.24, 2.45) is 5.92 Å². The monoisotopic (exact) mass is 306 g/mol. The number of hydrogen-bond donors (Lipinski definition) is 0. The summed E-state index contributed by atoms with van der Waals surface area (Å²) in [6.45, 7) is 5.00. The summed E-state index contributed by atoms with van der Waals surface area (Å²) in [4.78, 5) is 4.36. The van der Waals surface area contributed by atoms with E-state index < -0.39 is 5.82 Å². The lowest BCUT2D eigenvalue weighted by atomic mass is 9.93. The summed E-state index contributed by atoms with van der Waals surface area (Å²) in [5.41, 5.74) is 0. The number of ether oxygens (including phenoxy) is 2. The standard InChI is InChI=1S/C16H19FN2O3/c1-10(2)15-11(7-8-20-15)16-18-14(19-22-16)9-21-13-6-4-3-5-12(13)17/h3-6,10-11,15H,7-9H2,1-2H3/t11-,15+/m1/s1. The van der Waals surface area contributed by atoms with Crippen molar-refractivity contribution in [3.63, 3.8) is 0 Å². The molecule has 0 spiro atoms. The van der Waals surface area contributed by atoms with Gasteiger partial charge in [0.2, 0.25) is 11.7 Å². The number of para-hydroxylation sites is 1. The van der Waals surface area contributed by atoms with Crippen LogP contribution in [0.3, 0.4) is 0 Å². The predicted molar refractivity (Wildman–Crippen MR) is 77.0 cm³/mol. The van der Waals surface area contributed by atoms with Crippen LogP contribution in [0.4, 0.5) is 4.39 Å². The summed E-state index contributed by atoms with van der Waals surface area (Å²) in [6.07, 6.45) is 0.972. The van der Waals surface area contributed by atoms with Crippen LogP contribution in [0.5, 0.6) is 5.75 Å². The van der Waals surface area contributed by atoms with Gasteiger partial charge in [0.05, 0.1) is 12.0 Å². The first kappa shape index (κ1) is 15.0. The first-order valence-electron chi connectivity index (χ1n) is 7.46. The molecule has 1 aliphatic rings. The van der Waals surface area contributed by atoms with Crippen LogP contribution in [-0.4, -0.2) is 22.9 Å². The second kappa shape index (κ2) is 6.44. The van der Waals surface area contributed by atoms with Crippen molar-refractivity contribution >= 4 is 0 Å². The summed E-state index contributed by atoms with van der Waals surface area (Å²) in [7, 11) is 0. The lowest BCUT2D eigenvalue weighted by Crippen LogP contribution is -2.21. The van der Waals surface area contributed by atoms with E-state index in [9.17, 15) is 4.39 Å². The highest BCUT2D eigenvalue weighted by Crippen LogP contribution is 2.34. The van der Waals surface area contributed by atoms with E-state index in [2.05, 4.69) is 24.0 Å². The van der Waals surface area contributed by atoms with Crippen molar-refractivity contribution < 1.29 is 18.4 Å². The predicted octanol–water partition coefficient (Wildman–Crippen LogP) is 3.32. The Morgan fingerprint density at radius 2 is 2.18 bits per heavy atom. The van der Waals surface area contributed by atoms with Crippen LogP contribution in [0.2, 0.25) is 0 Å². The molecule has 6 heteroatoms. The molecule has 22 heavy (non-hydrogen) atoms. The maximum absolute atomic E-state index is 13.5. The minimum Gasteiger partial charge on any atom is -0.482 e. The van der Waals surface area contributed by atoms with E-state index in [0.29, 0.717) is 24.2 Å². The molecule has 0 aliphatic carbocycles. The number of benzene rings is 1. The van der Waals surface area contributed by atoms with Crippen molar-refractivity contribution in [2.75, 3.05) is 6.61 Å². The molecule has 2 atom stereocenters. The van der Waals surface area contributed by atoms with Gasteiger partial charge in [-0.3, -0.25) is 0 Å². The van der Waals surface area contributed by atoms with Gasteiger partial charge in [-0.25, -0.2) is 4.39 Å². The van der Waals surface area contributed by atoms with Crippen LogP contribution in [0.15, 0.2) is 28.8 Å². The molecule has 0 radical (unpaired) electrons. The molecule has 1 aromatic carbocycles. The molecule has 1 aliphatic heterocycles. The van der Waals surface area contributed by atoms with Gasteiger partial charge in [-0.05, 0) is 24.5 Å². The summed E-state index contributed by atoms with van der Waals surface area (Å²) >= 11 is 0. The van der Waals surface area contributed by atoms with Crippen LogP contribution in [0.1, 0.15) is 37.9 Å². The highest BCUT2D eigenvalue weighted by molar-refractivity contribution is 5.23. The van der Waals surface area contributed by atoms with Gasteiger partial charge in [0.25, 0.3) is 0 Å². The van der Waals surface area contributed by atoms with Crippen LogP contribution < -0.4 is 4.74 Å². The quantitative estimate of drug-likeness (QED) is 0.848. The summed E-state index contributed by atoms with van der Waals surface area (Å²) in [6, 6.07) is 6.24. The number of nitrogens with zero attached hydrogens (tertiary/aromatic N) is 2. The van der Waals surface area contributed by atoms with Crippen molar-refractivity contribution in [2.45, 2.75) is 38.9 Å². The third-order valence-electron chi connectivity index (χ3n) is 3.79. The molecule has 0 bridgehead atoms. The van der Waals surface area contributed by atoms with E-state index in [1.165, 1.54) is 6.07 Å². The fourth-order valence-corrected chi connectivity index (χ4v) is 2.71. The highest BCUT2D eigenvalue weighted by atomic mass is 19.1. The van der Waals surface area contributed by atoms with E-state index >= 15 is 0 Å². The van der Waals surface area contributed by atoms with Gasteiger partial charge in [0.1, 0.15) is 0 Å². The van der Waals surface area contributed by atoms with Crippen molar-refractivity contribution in [1.82, 2.24) is 10.1 Å². The molecule has 118 valence electrons. The van der Waals surface area contributed by atoms with Gasteiger partial charge in [-0.2, -0.15) is 4.98 Å². The molecular weight excluding hydrogens is 287 g/mol. The molecule has 0 saturated carbocycles. The second-order valence-corrected chi connectivity index (χ2v) is 5.74. The van der Waals surface area contributed by atoms with E-state index in [1.807, 2.05) is 0 Å². The van der Waals surface area contributed by atoms with E-state index in [0.717, 1.165) is 6.42 Å². The third kappa shape index (κ3) is 3.11. The normalized spacial score (nSPS) is 21.5. The Hall–Kier alpha value is -1.95. The van der Waals surface area contributed by atoms with Crippen LogP contribution in [0, 0.1) is 11.7 Å². The van der Waals surface area contributed by atoms with Gasteiger partial charge < -0.3 is 14.0 Å². The molecule has 0 amide bonds. The number of halogens is 1. The topological polar surface area (TPSA) is 57.4 Å². The Morgan fingerprint density at radius 1 is 1.36 bits per heavy atom. The number of aromatic nitrogens is 2. The smallest absolute Gasteiger partial charge is 0.232 e. The molecule has 5 nitrogen and oxygen atoms in total. The molecule has 3 rings (SSSR count). The summed E-state index contributed by atoms with van der Waals surface area (Å²) < 4.78 is 29.9. The Balaban J connectivity index is 1.65. The van der Waals surface area contributed by atoms with Gasteiger partial charge in [-0.1, -0.05) is 31.1 Å². The Bertz CT molecular complexity index is 629. The maximum atomic E-state index is 13.5. The van der Waals surface area contributed by atoms with E-state index in [4.69, 9.17) is 14.0 Å². The van der Waals surface area contributed by atoms with Crippen LogP contribution in [-0.2, 0) is 11.3 Å². The fourth-order valence-electron chi connectivity index (χ4n) is 2.71. The van der Waals surface area contributed by atoms with Gasteiger partial charge in [0, 0.05) is 6.61 Å². The molecule has 0 N–H and O–H groups in total. The minimum absolute atomic E-state index is 0.0738. The van der Waals surface area contributed by atoms with Crippen LogP contribution in [0.25, 0.3) is 0 Å². The minimum atomic E-state index is -0.407. The van der Waals surface area contributed by atoms with E-state index in [-0.39, 0.29) is 24.4 Å². The number of hydrogen-bond acceptors (Lipinski definition) is 5. The number of rotatable bonds is 5. The average molecular weight is 306 g/mol. The Kier molecular flexibility index (Phi) is 4.38. The third-order valence-corrected chi connectivity index (χ3v) is 3.79. The zero-order valence-electron chi connectivity index (χ0n) is 12.7. The molecule has 1 saturated heterocycles.